The summed E-state index contributed by atoms with van der Waals surface area (Å²) in [6.45, 7) is 17.7. The summed E-state index contributed by atoms with van der Waals surface area (Å²) in [7, 11) is 0. The van der Waals surface area contributed by atoms with Crippen molar-refractivity contribution in [2.24, 2.45) is 16.3 Å². The molecule has 2 fully saturated rings. The van der Waals surface area contributed by atoms with E-state index < -0.39 is 11.6 Å². The summed E-state index contributed by atoms with van der Waals surface area (Å²) in [5.74, 6) is 1.83. The van der Waals surface area contributed by atoms with E-state index in [4.69, 9.17) is 9.72 Å². The van der Waals surface area contributed by atoms with Gasteiger partial charge in [-0.2, -0.15) is 13.2 Å². The Kier molecular flexibility index (Phi) is 9.39. The van der Waals surface area contributed by atoms with Gasteiger partial charge in [-0.05, 0) is 76.5 Å². The lowest BCUT2D eigenvalue weighted by Crippen LogP contribution is -2.40. The smallest absolute Gasteiger partial charge is 0.394 e. The van der Waals surface area contributed by atoms with E-state index in [1.807, 2.05) is 0 Å². The average molecular weight is 644 g/mol. The number of anilines is 1. The van der Waals surface area contributed by atoms with Gasteiger partial charge in [0, 0.05) is 42.8 Å². The molecule has 1 saturated heterocycles. The van der Waals surface area contributed by atoms with Crippen LogP contribution in [0.15, 0.2) is 67.1 Å². The number of halogens is 3. The highest BCUT2D eigenvalue weighted by Gasteiger charge is 2.62. The molecule has 2 aliphatic heterocycles. The van der Waals surface area contributed by atoms with Gasteiger partial charge in [0.15, 0.2) is 5.82 Å². The molecule has 45 heavy (non-hydrogen) atoms. The Bertz CT molecular complexity index is 1480. The van der Waals surface area contributed by atoms with Crippen LogP contribution in [0.3, 0.4) is 0 Å². The van der Waals surface area contributed by atoms with Crippen molar-refractivity contribution < 1.29 is 22.7 Å². The summed E-state index contributed by atoms with van der Waals surface area (Å²) in [5, 5.41) is 8.21. The lowest BCUT2D eigenvalue weighted by atomic mass is 9.93. The quantitative estimate of drug-likeness (QED) is 0.253. The Morgan fingerprint density at radius 2 is 2.00 bits per heavy atom. The first-order chi connectivity index (χ1) is 21.4. The summed E-state index contributed by atoms with van der Waals surface area (Å²) < 4.78 is 48.6. The van der Waals surface area contributed by atoms with Gasteiger partial charge in [-0.1, -0.05) is 19.2 Å². The van der Waals surface area contributed by atoms with Crippen LogP contribution in [0.4, 0.5) is 19.0 Å². The van der Waals surface area contributed by atoms with Gasteiger partial charge in [-0.15, -0.1) is 11.7 Å². The van der Waals surface area contributed by atoms with Crippen molar-refractivity contribution in [3.8, 4) is 11.7 Å². The van der Waals surface area contributed by atoms with E-state index in [-0.39, 0.29) is 49.7 Å². The summed E-state index contributed by atoms with van der Waals surface area (Å²) in [6, 6.07) is 5.05. The van der Waals surface area contributed by atoms with Gasteiger partial charge < -0.3 is 15.0 Å². The SMILES string of the molecule is C=CCN1S/C(C=C)=N/C(=C)NCCCC2CN(c3nc(-n4ccc(OCCC5(C(F)(F)F)CC5)n4)ccc3C1=O)C(C)(C)C2. The largest absolute Gasteiger partial charge is 0.477 e. The third-order valence-corrected chi connectivity index (χ3v) is 9.63. The van der Waals surface area contributed by atoms with E-state index in [9.17, 15) is 18.0 Å². The molecule has 0 aromatic carbocycles. The number of nitrogens with zero attached hydrogens (tertiary/aromatic N) is 6. The number of hydrogen-bond donors (Lipinski definition) is 1. The number of fused-ring (bicyclic) bond motifs is 4. The van der Waals surface area contributed by atoms with E-state index in [2.05, 4.69) is 53.9 Å². The van der Waals surface area contributed by atoms with E-state index in [0.29, 0.717) is 34.0 Å². The summed E-state index contributed by atoms with van der Waals surface area (Å²) in [6.07, 6.45) is 3.67. The number of ether oxygens (including phenoxy) is 1. The van der Waals surface area contributed by atoms with E-state index in [0.717, 1.165) is 44.3 Å². The van der Waals surface area contributed by atoms with Crippen LogP contribution in [-0.4, -0.2) is 68.0 Å². The molecule has 9 nitrogen and oxygen atoms in total. The molecule has 1 N–H and O–H groups in total. The van der Waals surface area contributed by atoms with Crippen LogP contribution in [0.2, 0.25) is 0 Å². The van der Waals surface area contributed by atoms with Crippen LogP contribution in [-0.2, 0) is 0 Å². The molecule has 3 aliphatic rings. The minimum atomic E-state index is -4.22. The number of carbonyl (C=O) groups excluding carboxylic acids is 1. The number of carbonyl (C=O) groups is 1. The molecule has 13 heteroatoms. The summed E-state index contributed by atoms with van der Waals surface area (Å²) >= 11 is 1.15. The van der Waals surface area contributed by atoms with Gasteiger partial charge in [0.25, 0.3) is 5.91 Å². The Morgan fingerprint density at radius 1 is 1.22 bits per heavy atom. The van der Waals surface area contributed by atoms with E-state index in [1.165, 1.54) is 4.68 Å². The van der Waals surface area contributed by atoms with Gasteiger partial charge in [-0.3, -0.25) is 9.10 Å². The lowest BCUT2D eigenvalue weighted by molar-refractivity contribution is -0.190. The number of alkyl halides is 3. The van der Waals surface area contributed by atoms with Crippen LogP contribution in [0.1, 0.15) is 62.7 Å². The lowest BCUT2D eigenvalue weighted by Gasteiger charge is -2.34. The van der Waals surface area contributed by atoms with Gasteiger partial charge >= 0.3 is 6.18 Å². The predicted octanol–water partition coefficient (Wildman–Crippen LogP) is 6.70. The van der Waals surface area contributed by atoms with Crippen molar-refractivity contribution in [3.63, 3.8) is 0 Å². The first kappa shape index (κ1) is 32.6. The normalized spacial score (nSPS) is 22.8. The van der Waals surface area contributed by atoms with Crippen LogP contribution in [0.5, 0.6) is 5.88 Å². The van der Waals surface area contributed by atoms with Crippen molar-refractivity contribution in [1.29, 1.82) is 0 Å². The van der Waals surface area contributed by atoms with Crippen LogP contribution in [0, 0.1) is 11.3 Å². The molecule has 1 atom stereocenters. The molecule has 1 unspecified atom stereocenters. The maximum absolute atomic E-state index is 14.2. The maximum atomic E-state index is 14.2. The fraction of sp³-hybridized carbons (Fsp3) is 0.500. The van der Waals surface area contributed by atoms with Crippen LogP contribution >= 0.6 is 11.9 Å². The van der Waals surface area contributed by atoms with Gasteiger partial charge in [0.1, 0.15) is 16.7 Å². The molecule has 2 aromatic heterocycles. The maximum Gasteiger partial charge on any atom is 0.394 e. The topological polar surface area (TPSA) is 87.9 Å². The molecule has 5 rings (SSSR count). The average Bonchev–Trinajstić information content (AvgIpc) is 3.54. The van der Waals surface area contributed by atoms with Crippen LogP contribution < -0.4 is 15.0 Å². The third-order valence-electron chi connectivity index (χ3n) is 8.65. The van der Waals surface area contributed by atoms with Crippen LogP contribution in [0.25, 0.3) is 5.82 Å². The Balaban J connectivity index is 1.47. The number of hydrogen-bond acceptors (Lipinski definition) is 8. The molecule has 4 heterocycles. The molecular formula is C32H40F3N7O2S. The summed E-state index contributed by atoms with van der Waals surface area (Å²) in [5.41, 5.74) is -1.49. The second kappa shape index (κ2) is 12.9. The molecule has 1 aliphatic carbocycles. The number of aliphatic imine (C=N–C) groups is 1. The van der Waals surface area contributed by atoms with Crippen molar-refractivity contribution in [1.82, 2.24) is 24.4 Å². The predicted molar refractivity (Wildman–Crippen MR) is 172 cm³/mol. The molecule has 0 radical (unpaired) electrons. The van der Waals surface area contributed by atoms with Crippen molar-refractivity contribution in [2.45, 2.75) is 64.1 Å². The van der Waals surface area contributed by atoms with Gasteiger partial charge in [0.05, 0.1) is 24.1 Å². The summed E-state index contributed by atoms with van der Waals surface area (Å²) in [4.78, 5) is 25.9. The third kappa shape index (κ3) is 7.23. The number of nitrogens with one attached hydrogen (secondary N) is 1. The van der Waals surface area contributed by atoms with Crippen molar-refractivity contribution in [2.75, 3.05) is 31.1 Å². The minimum absolute atomic E-state index is 0.0817. The number of aromatic nitrogens is 3. The highest BCUT2D eigenvalue weighted by Crippen LogP contribution is 2.59. The molecular weight excluding hydrogens is 603 g/mol. The van der Waals surface area contributed by atoms with E-state index >= 15 is 0 Å². The second-order valence-corrected chi connectivity index (χ2v) is 13.5. The Labute approximate surface area is 266 Å². The Morgan fingerprint density at radius 3 is 2.69 bits per heavy atom. The molecule has 1 amide bonds. The highest BCUT2D eigenvalue weighted by atomic mass is 32.2. The first-order valence-corrected chi connectivity index (χ1v) is 15.9. The Hall–Kier alpha value is -3.74. The molecule has 2 bridgehead atoms. The highest BCUT2D eigenvalue weighted by molar-refractivity contribution is 8.12. The molecule has 0 spiro atoms. The zero-order chi connectivity index (χ0) is 32.4. The minimum Gasteiger partial charge on any atom is -0.477 e. The monoisotopic (exact) mass is 643 g/mol. The standard InChI is InChI=1S/C32H40F3N7O2S/c1-6-17-42-29(43)24-10-11-25(41-18-12-26(39-41)44-19-15-31(13-14-31)32(33,34)35)38-28(24)40-21-23(20-30(40,4)5)9-8-16-36-22(3)37-27(7-2)45-42/h6-7,10-12,18,23,36H,1-3,8-9,13-17,19-21H2,4-5H3/b37-27+. The zero-order valence-corrected chi connectivity index (χ0v) is 26.6. The number of amides is 1. The van der Waals surface area contributed by atoms with Gasteiger partial charge in [-0.25, -0.2) is 14.7 Å². The zero-order valence-electron chi connectivity index (χ0n) is 25.8. The first-order valence-electron chi connectivity index (χ1n) is 15.1. The fourth-order valence-electron chi connectivity index (χ4n) is 6.01. The van der Waals surface area contributed by atoms with Crippen molar-refractivity contribution in [3.05, 3.63) is 67.7 Å². The van der Waals surface area contributed by atoms with Gasteiger partial charge in [0.2, 0.25) is 5.88 Å². The second-order valence-electron chi connectivity index (χ2n) is 12.4. The molecule has 242 valence electrons. The molecule has 1 saturated carbocycles. The van der Waals surface area contributed by atoms with Crippen molar-refractivity contribution >= 4 is 28.7 Å². The number of rotatable bonds is 8. The molecule has 2 aromatic rings. The van der Waals surface area contributed by atoms with E-state index in [1.54, 1.807) is 40.9 Å². The fourth-order valence-corrected chi connectivity index (χ4v) is 6.82. The number of pyridine rings is 1.